The lowest BCUT2D eigenvalue weighted by molar-refractivity contribution is -0.137. The number of amides is 2. The molecule has 0 unspecified atom stereocenters. The van der Waals surface area contributed by atoms with Gasteiger partial charge in [0.1, 0.15) is 0 Å². The first-order valence-corrected chi connectivity index (χ1v) is 10.5. The number of carbonyl (C=O) groups excluding carboxylic acids is 2. The van der Waals surface area contributed by atoms with Crippen LogP contribution in [0.3, 0.4) is 0 Å². The van der Waals surface area contributed by atoms with Crippen LogP contribution in [0, 0.1) is 13.8 Å². The van der Waals surface area contributed by atoms with E-state index in [-0.39, 0.29) is 24.4 Å². The number of nitrogens with one attached hydrogen (secondary N) is 1. The van der Waals surface area contributed by atoms with Gasteiger partial charge in [0.25, 0.3) is 0 Å². The van der Waals surface area contributed by atoms with Gasteiger partial charge in [0.15, 0.2) is 0 Å². The SMILES string of the molecule is Cc1ccc(NC(=O)CN(C)C(=O)[C@H](C)N2CCN(c3cccc(C)c3)CC2)cc1. The van der Waals surface area contributed by atoms with Crippen LogP contribution in [0.15, 0.2) is 48.5 Å². The lowest BCUT2D eigenvalue weighted by Crippen LogP contribution is -2.54. The second kappa shape index (κ2) is 9.76. The van der Waals surface area contributed by atoms with Gasteiger partial charge in [-0.05, 0) is 50.6 Å². The van der Waals surface area contributed by atoms with E-state index < -0.39 is 0 Å². The number of likely N-dealkylation sites (N-methyl/N-ethyl adjacent to an activating group) is 1. The van der Waals surface area contributed by atoms with Crippen LogP contribution in [-0.4, -0.2) is 67.4 Å². The number of benzene rings is 2. The minimum atomic E-state index is -0.248. The third-order valence-corrected chi connectivity index (χ3v) is 5.68. The predicted octanol–water partition coefficient (Wildman–Crippen LogP) is 2.91. The van der Waals surface area contributed by atoms with Gasteiger partial charge < -0.3 is 15.1 Å². The molecule has 0 aromatic heterocycles. The van der Waals surface area contributed by atoms with Gasteiger partial charge in [-0.2, -0.15) is 0 Å². The first-order chi connectivity index (χ1) is 14.3. The molecule has 160 valence electrons. The number of anilines is 2. The summed E-state index contributed by atoms with van der Waals surface area (Å²) in [4.78, 5) is 31.2. The fraction of sp³-hybridized carbons (Fsp3) is 0.417. The molecule has 6 nitrogen and oxygen atoms in total. The number of aryl methyl sites for hydroxylation is 2. The Balaban J connectivity index is 1.48. The molecule has 2 amide bonds. The Morgan fingerprint density at radius 1 is 1.00 bits per heavy atom. The minimum Gasteiger partial charge on any atom is -0.369 e. The van der Waals surface area contributed by atoms with Gasteiger partial charge in [-0.15, -0.1) is 0 Å². The van der Waals surface area contributed by atoms with Gasteiger partial charge >= 0.3 is 0 Å². The zero-order valence-electron chi connectivity index (χ0n) is 18.4. The fourth-order valence-corrected chi connectivity index (χ4v) is 3.80. The van der Waals surface area contributed by atoms with E-state index in [4.69, 9.17) is 0 Å². The summed E-state index contributed by atoms with van der Waals surface area (Å²) in [5, 5.41) is 2.85. The molecule has 1 aliphatic heterocycles. The lowest BCUT2D eigenvalue weighted by Gasteiger charge is -2.39. The Hall–Kier alpha value is -2.86. The monoisotopic (exact) mass is 408 g/mol. The maximum Gasteiger partial charge on any atom is 0.243 e. The van der Waals surface area contributed by atoms with E-state index in [2.05, 4.69) is 46.3 Å². The van der Waals surface area contributed by atoms with Crippen molar-refractivity contribution in [3.8, 4) is 0 Å². The van der Waals surface area contributed by atoms with Gasteiger partial charge in [-0.1, -0.05) is 29.8 Å². The van der Waals surface area contributed by atoms with Crippen molar-refractivity contribution in [2.75, 3.05) is 50.0 Å². The van der Waals surface area contributed by atoms with Crippen LogP contribution in [0.5, 0.6) is 0 Å². The fourth-order valence-electron chi connectivity index (χ4n) is 3.80. The summed E-state index contributed by atoms with van der Waals surface area (Å²) in [5.41, 5.74) is 4.37. The second-order valence-electron chi connectivity index (χ2n) is 8.15. The molecule has 0 saturated carbocycles. The zero-order valence-corrected chi connectivity index (χ0v) is 18.4. The molecule has 3 rings (SSSR count). The van der Waals surface area contributed by atoms with Gasteiger partial charge in [0.2, 0.25) is 11.8 Å². The molecule has 30 heavy (non-hydrogen) atoms. The smallest absolute Gasteiger partial charge is 0.243 e. The van der Waals surface area contributed by atoms with Crippen LogP contribution in [0.4, 0.5) is 11.4 Å². The Labute approximate surface area is 179 Å². The highest BCUT2D eigenvalue weighted by atomic mass is 16.2. The van der Waals surface area contributed by atoms with Crippen LogP contribution < -0.4 is 10.2 Å². The molecule has 1 saturated heterocycles. The number of piperazine rings is 1. The number of carbonyl (C=O) groups is 2. The third-order valence-electron chi connectivity index (χ3n) is 5.68. The minimum absolute atomic E-state index is 0.0296. The average molecular weight is 409 g/mol. The topological polar surface area (TPSA) is 55.9 Å². The van der Waals surface area contributed by atoms with Gasteiger partial charge in [-0.25, -0.2) is 0 Å². The van der Waals surface area contributed by atoms with Crippen molar-refractivity contribution in [1.29, 1.82) is 0 Å². The van der Waals surface area contributed by atoms with Gasteiger partial charge in [0, 0.05) is 44.6 Å². The van der Waals surface area contributed by atoms with Crippen molar-refractivity contribution < 1.29 is 9.59 Å². The van der Waals surface area contributed by atoms with Gasteiger partial charge in [0.05, 0.1) is 12.6 Å². The maximum atomic E-state index is 12.9. The molecule has 0 aliphatic carbocycles. The maximum absolute atomic E-state index is 12.9. The van der Waals surface area contributed by atoms with Crippen molar-refractivity contribution >= 4 is 23.2 Å². The standard InChI is InChI=1S/C24H32N4O2/c1-18-8-10-21(11-9-18)25-23(29)17-26(4)24(30)20(3)27-12-14-28(15-13-27)22-7-5-6-19(2)16-22/h5-11,16,20H,12-15,17H2,1-4H3,(H,25,29)/t20-/m0/s1. The van der Waals surface area contributed by atoms with Crippen LogP contribution >= 0.6 is 0 Å². The molecule has 0 bridgehead atoms. The van der Waals surface area contributed by atoms with E-state index in [1.807, 2.05) is 38.1 Å². The molecule has 1 atom stereocenters. The Morgan fingerprint density at radius 2 is 1.67 bits per heavy atom. The largest absolute Gasteiger partial charge is 0.369 e. The van der Waals surface area contributed by atoms with E-state index in [9.17, 15) is 9.59 Å². The van der Waals surface area contributed by atoms with Crippen molar-refractivity contribution in [3.05, 3.63) is 59.7 Å². The quantitative estimate of drug-likeness (QED) is 0.799. The lowest BCUT2D eigenvalue weighted by atomic mass is 10.1. The highest BCUT2D eigenvalue weighted by Crippen LogP contribution is 2.19. The number of nitrogens with zero attached hydrogens (tertiary/aromatic N) is 3. The summed E-state index contributed by atoms with van der Waals surface area (Å²) in [6, 6.07) is 15.9. The molecule has 2 aromatic carbocycles. The van der Waals surface area contributed by atoms with Gasteiger partial charge in [-0.3, -0.25) is 14.5 Å². The Bertz CT molecular complexity index is 873. The molecular weight excluding hydrogens is 376 g/mol. The zero-order chi connectivity index (χ0) is 21.7. The number of rotatable bonds is 6. The van der Waals surface area contributed by atoms with Crippen molar-refractivity contribution in [1.82, 2.24) is 9.80 Å². The molecule has 1 aliphatic rings. The Morgan fingerprint density at radius 3 is 2.30 bits per heavy atom. The highest BCUT2D eigenvalue weighted by molar-refractivity contribution is 5.95. The normalized spacial score (nSPS) is 15.5. The molecule has 6 heteroatoms. The second-order valence-corrected chi connectivity index (χ2v) is 8.15. The Kier molecular flexibility index (Phi) is 7.11. The predicted molar refractivity (Wildman–Crippen MR) is 122 cm³/mol. The molecule has 1 heterocycles. The van der Waals surface area contributed by atoms with Crippen molar-refractivity contribution in [2.45, 2.75) is 26.8 Å². The molecule has 0 spiro atoms. The van der Waals surface area contributed by atoms with Crippen LogP contribution in [0.1, 0.15) is 18.1 Å². The summed E-state index contributed by atoms with van der Waals surface area (Å²) in [7, 11) is 1.69. The summed E-state index contributed by atoms with van der Waals surface area (Å²) in [6.45, 7) is 9.50. The van der Waals surface area contributed by atoms with E-state index in [1.165, 1.54) is 16.2 Å². The van der Waals surface area contributed by atoms with E-state index >= 15 is 0 Å². The van der Waals surface area contributed by atoms with Crippen molar-refractivity contribution in [3.63, 3.8) is 0 Å². The molecule has 1 N–H and O–H groups in total. The van der Waals surface area contributed by atoms with Crippen LogP contribution in [-0.2, 0) is 9.59 Å². The molecule has 0 radical (unpaired) electrons. The first-order valence-electron chi connectivity index (χ1n) is 10.5. The third kappa shape index (κ3) is 5.60. The summed E-state index contributed by atoms with van der Waals surface area (Å²) in [6.07, 6.45) is 0. The van der Waals surface area contributed by atoms with E-state index in [1.54, 1.807) is 7.05 Å². The molecule has 1 fully saturated rings. The average Bonchev–Trinajstić information content (AvgIpc) is 2.74. The molecular formula is C24H32N4O2. The number of hydrogen-bond acceptors (Lipinski definition) is 4. The summed E-state index contributed by atoms with van der Waals surface area (Å²) < 4.78 is 0. The van der Waals surface area contributed by atoms with Crippen LogP contribution in [0.25, 0.3) is 0 Å². The molecule has 2 aromatic rings. The van der Waals surface area contributed by atoms with E-state index in [0.29, 0.717) is 0 Å². The summed E-state index contributed by atoms with van der Waals surface area (Å²) >= 11 is 0. The first kappa shape index (κ1) is 21.8. The van der Waals surface area contributed by atoms with Crippen molar-refractivity contribution in [2.24, 2.45) is 0 Å². The highest BCUT2D eigenvalue weighted by Gasteiger charge is 2.28. The van der Waals surface area contributed by atoms with Crippen LogP contribution in [0.2, 0.25) is 0 Å². The summed E-state index contributed by atoms with van der Waals surface area (Å²) in [5.74, 6) is -0.218. The number of hydrogen-bond donors (Lipinski definition) is 1. The van der Waals surface area contributed by atoms with E-state index in [0.717, 1.165) is 37.4 Å².